The van der Waals surface area contributed by atoms with Crippen LogP contribution in [0.2, 0.25) is 0 Å². The molecule has 1 heterocycles. The Bertz CT molecular complexity index is 622. The number of carbonyl (C=O) groups is 1. The SMILES string of the molecule is CC[C@@H](NC(=O)C(C)(C)C)c1cc2cn[nH]c2cc1C. The molecule has 1 amide bonds. The number of nitrogens with one attached hydrogen (secondary N) is 2. The van der Waals surface area contributed by atoms with E-state index in [1.165, 1.54) is 11.1 Å². The first-order valence-electron chi connectivity index (χ1n) is 7.07. The van der Waals surface area contributed by atoms with E-state index in [4.69, 9.17) is 0 Å². The minimum Gasteiger partial charge on any atom is -0.349 e. The van der Waals surface area contributed by atoms with Gasteiger partial charge in [0.1, 0.15) is 0 Å². The predicted octanol–water partition coefficient (Wildman–Crippen LogP) is 3.48. The second kappa shape index (κ2) is 5.27. The Labute approximate surface area is 120 Å². The zero-order valence-electron chi connectivity index (χ0n) is 12.9. The fourth-order valence-corrected chi connectivity index (χ4v) is 2.27. The molecule has 2 rings (SSSR count). The topological polar surface area (TPSA) is 57.8 Å². The molecule has 1 atom stereocenters. The Kier molecular flexibility index (Phi) is 3.84. The van der Waals surface area contributed by atoms with Crippen molar-refractivity contribution in [2.24, 2.45) is 5.41 Å². The average Bonchev–Trinajstić information content (AvgIpc) is 2.80. The number of amides is 1. The summed E-state index contributed by atoms with van der Waals surface area (Å²) in [6.45, 7) is 9.96. The number of rotatable bonds is 3. The molecule has 0 aliphatic heterocycles. The molecule has 20 heavy (non-hydrogen) atoms. The standard InChI is InChI=1S/C16H23N3O/c1-6-13(18-15(20)16(3,4)5)12-8-11-9-17-19-14(11)7-10(12)2/h7-9,13H,6H2,1-5H3,(H,17,19)(H,18,20)/t13-/m1/s1. The lowest BCUT2D eigenvalue weighted by Gasteiger charge is -2.25. The molecule has 0 spiro atoms. The lowest BCUT2D eigenvalue weighted by atomic mass is 9.92. The summed E-state index contributed by atoms with van der Waals surface area (Å²) in [6, 6.07) is 4.25. The highest BCUT2D eigenvalue weighted by atomic mass is 16.2. The quantitative estimate of drug-likeness (QED) is 0.899. The summed E-state index contributed by atoms with van der Waals surface area (Å²) in [4.78, 5) is 12.2. The van der Waals surface area contributed by atoms with Gasteiger partial charge in [0.2, 0.25) is 5.91 Å². The molecule has 2 aromatic rings. The van der Waals surface area contributed by atoms with E-state index in [9.17, 15) is 4.79 Å². The van der Waals surface area contributed by atoms with E-state index < -0.39 is 0 Å². The second-order valence-corrected chi connectivity index (χ2v) is 6.35. The molecule has 1 aromatic heterocycles. The number of fused-ring (bicyclic) bond motifs is 1. The van der Waals surface area contributed by atoms with Gasteiger partial charge in [0.05, 0.1) is 17.8 Å². The highest BCUT2D eigenvalue weighted by molar-refractivity contribution is 5.83. The fraction of sp³-hybridized carbons (Fsp3) is 0.500. The summed E-state index contributed by atoms with van der Waals surface area (Å²) >= 11 is 0. The number of H-pyrrole nitrogens is 1. The number of benzene rings is 1. The third-order valence-electron chi connectivity index (χ3n) is 3.60. The summed E-state index contributed by atoms with van der Waals surface area (Å²) in [5.41, 5.74) is 2.99. The van der Waals surface area contributed by atoms with Crippen LogP contribution in [0.5, 0.6) is 0 Å². The molecule has 0 aliphatic carbocycles. The van der Waals surface area contributed by atoms with Crippen LogP contribution in [0.25, 0.3) is 10.9 Å². The number of hydrogen-bond acceptors (Lipinski definition) is 2. The molecule has 4 nitrogen and oxygen atoms in total. The maximum absolute atomic E-state index is 12.2. The summed E-state index contributed by atoms with van der Waals surface area (Å²) in [5.74, 6) is 0.0797. The van der Waals surface area contributed by atoms with Gasteiger partial charge in [-0.2, -0.15) is 5.10 Å². The van der Waals surface area contributed by atoms with Crippen LogP contribution in [0, 0.1) is 12.3 Å². The van der Waals surface area contributed by atoms with Gasteiger partial charge in [0.25, 0.3) is 0 Å². The monoisotopic (exact) mass is 273 g/mol. The van der Waals surface area contributed by atoms with Crippen molar-refractivity contribution in [1.82, 2.24) is 15.5 Å². The maximum Gasteiger partial charge on any atom is 0.225 e. The van der Waals surface area contributed by atoms with Crippen LogP contribution in [0.15, 0.2) is 18.3 Å². The molecule has 0 bridgehead atoms. The number of carbonyl (C=O) groups excluding carboxylic acids is 1. The van der Waals surface area contributed by atoms with Crippen molar-refractivity contribution in [1.29, 1.82) is 0 Å². The summed E-state index contributed by atoms with van der Waals surface area (Å²) in [5, 5.41) is 11.3. The predicted molar refractivity (Wildman–Crippen MR) is 81.5 cm³/mol. The number of aromatic nitrogens is 2. The minimum atomic E-state index is -0.374. The molecule has 0 aliphatic rings. The lowest BCUT2D eigenvalue weighted by molar-refractivity contribution is -0.129. The van der Waals surface area contributed by atoms with Crippen LogP contribution in [-0.2, 0) is 4.79 Å². The maximum atomic E-state index is 12.2. The van der Waals surface area contributed by atoms with Crippen molar-refractivity contribution in [3.63, 3.8) is 0 Å². The molecule has 0 fully saturated rings. The van der Waals surface area contributed by atoms with E-state index in [1.54, 1.807) is 0 Å². The van der Waals surface area contributed by atoms with Crippen LogP contribution in [-0.4, -0.2) is 16.1 Å². The first kappa shape index (κ1) is 14.6. The van der Waals surface area contributed by atoms with E-state index in [2.05, 4.69) is 41.5 Å². The van der Waals surface area contributed by atoms with E-state index in [-0.39, 0.29) is 17.4 Å². The number of hydrogen-bond donors (Lipinski definition) is 2. The van der Waals surface area contributed by atoms with Crippen LogP contribution in [0.1, 0.15) is 51.3 Å². The first-order chi connectivity index (χ1) is 9.32. The van der Waals surface area contributed by atoms with E-state index >= 15 is 0 Å². The van der Waals surface area contributed by atoms with Gasteiger partial charge in [-0.1, -0.05) is 27.7 Å². The van der Waals surface area contributed by atoms with Gasteiger partial charge in [0.15, 0.2) is 0 Å². The molecule has 4 heteroatoms. The molecular weight excluding hydrogens is 250 g/mol. The van der Waals surface area contributed by atoms with Gasteiger partial charge in [-0.25, -0.2) is 0 Å². The number of nitrogens with zero attached hydrogens (tertiary/aromatic N) is 1. The smallest absolute Gasteiger partial charge is 0.225 e. The van der Waals surface area contributed by atoms with Crippen molar-refractivity contribution in [2.75, 3.05) is 0 Å². The minimum absolute atomic E-state index is 0.0426. The van der Waals surface area contributed by atoms with E-state index in [1.807, 2.05) is 27.0 Å². The third-order valence-corrected chi connectivity index (χ3v) is 3.60. The molecule has 0 saturated carbocycles. The van der Waals surface area contributed by atoms with Gasteiger partial charge in [-0.05, 0) is 36.6 Å². The molecule has 0 saturated heterocycles. The summed E-state index contributed by atoms with van der Waals surface area (Å²) in [6.07, 6.45) is 2.68. The van der Waals surface area contributed by atoms with Crippen molar-refractivity contribution in [2.45, 2.75) is 47.1 Å². The normalized spacial score (nSPS) is 13.4. The largest absolute Gasteiger partial charge is 0.349 e. The molecule has 1 aromatic carbocycles. The Hall–Kier alpha value is -1.84. The Balaban J connectivity index is 2.33. The molecule has 2 N–H and O–H groups in total. The lowest BCUT2D eigenvalue weighted by Crippen LogP contribution is -2.37. The van der Waals surface area contributed by atoms with Crippen LogP contribution < -0.4 is 5.32 Å². The average molecular weight is 273 g/mol. The number of aryl methyl sites for hydroxylation is 1. The molecule has 0 unspecified atom stereocenters. The van der Waals surface area contributed by atoms with Crippen LogP contribution >= 0.6 is 0 Å². The van der Waals surface area contributed by atoms with E-state index in [0.717, 1.165) is 17.3 Å². The highest BCUT2D eigenvalue weighted by Crippen LogP contribution is 2.26. The number of aromatic amines is 1. The highest BCUT2D eigenvalue weighted by Gasteiger charge is 2.24. The van der Waals surface area contributed by atoms with Gasteiger partial charge >= 0.3 is 0 Å². The van der Waals surface area contributed by atoms with Gasteiger partial charge in [-0.3, -0.25) is 9.89 Å². The Morgan fingerprint density at radius 1 is 1.40 bits per heavy atom. The Morgan fingerprint density at radius 2 is 2.10 bits per heavy atom. The molecule has 0 radical (unpaired) electrons. The van der Waals surface area contributed by atoms with Gasteiger partial charge in [0, 0.05) is 10.8 Å². The zero-order valence-corrected chi connectivity index (χ0v) is 12.9. The van der Waals surface area contributed by atoms with Crippen LogP contribution in [0.4, 0.5) is 0 Å². The van der Waals surface area contributed by atoms with Gasteiger partial charge < -0.3 is 5.32 Å². The summed E-state index contributed by atoms with van der Waals surface area (Å²) in [7, 11) is 0. The van der Waals surface area contributed by atoms with Crippen molar-refractivity contribution < 1.29 is 4.79 Å². The molecular formula is C16H23N3O. The van der Waals surface area contributed by atoms with Crippen molar-refractivity contribution >= 4 is 16.8 Å². The Morgan fingerprint density at radius 3 is 2.70 bits per heavy atom. The van der Waals surface area contributed by atoms with Crippen molar-refractivity contribution in [3.8, 4) is 0 Å². The van der Waals surface area contributed by atoms with Gasteiger partial charge in [-0.15, -0.1) is 0 Å². The van der Waals surface area contributed by atoms with Crippen LogP contribution in [0.3, 0.4) is 0 Å². The third kappa shape index (κ3) is 2.84. The fourth-order valence-electron chi connectivity index (χ4n) is 2.27. The van der Waals surface area contributed by atoms with E-state index in [0.29, 0.717) is 0 Å². The second-order valence-electron chi connectivity index (χ2n) is 6.35. The zero-order chi connectivity index (χ0) is 14.9. The first-order valence-corrected chi connectivity index (χ1v) is 7.07. The summed E-state index contributed by atoms with van der Waals surface area (Å²) < 4.78 is 0. The van der Waals surface area contributed by atoms with Crippen molar-refractivity contribution in [3.05, 3.63) is 29.5 Å². The molecule has 108 valence electrons.